The molecule has 0 aliphatic rings. The molecule has 0 aliphatic heterocycles. The number of nitrogens with one attached hydrogen (secondary N) is 1. The van der Waals surface area contributed by atoms with Gasteiger partial charge in [0.2, 0.25) is 0 Å². The molecule has 0 aliphatic carbocycles. The first-order chi connectivity index (χ1) is 8.90. The summed E-state index contributed by atoms with van der Waals surface area (Å²) in [6.45, 7) is 4.91. The standard InChI is InChI=1S/C14H16F2N2O/c1-4-14(5-2,8-17)18-13(19)11-10(15)7-6-9(3)12(11)16/h6-7H,4-5H2,1-3H3,(H,18,19). The Bertz CT molecular complexity index is 531. The lowest BCUT2D eigenvalue weighted by Crippen LogP contribution is -2.47. The molecule has 0 atom stereocenters. The monoisotopic (exact) mass is 266 g/mol. The molecule has 0 radical (unpaired) electrons. The minimum absolute atomic E-state index is 0.183. The summed E-state index contributed by atoms with van der Waals surface area (Å²) in [6, 6.07) is 4.30. The average molecular weight is 266 g/mol. The fourth-order valence-corrected chi connectivity index (χ4v) is 1.76. The van der Waals surface area contributed by atoms with Crippen LogP contribution in [0.3, 0.4) is 0 Å². The number of rotatable bonds is 4. The van der Waals surface area contributed by atoms with E-state index in [2.05, 4.69) is 5.32 Å². The Kier molecular flexibility index (Phi) is 4.60. The van der Waals surface area contributed by atoms with Crippen LogP contribution in [0.15, 0.2) is 12.1 Å². The largest absolute Gasteiger partial charge is 0.334 e. The van der Waals surface area contributed by atoms with Crippen molar-refractivity contribution in [3.05, 3.63) is 34.9 Å². The zero-order chi connectivity index (χ0) is 14.6. The second kappa shape index (κ2) is 5.79. The molecule has 1 amide bonds. The van der Waals surface area contributed by atoms with Crippen LogP contribution in [0.25, 0.3) is 0 Å². The van der Waals surface area contributed by atoms with Gasteiger partial charge >= 0.3 is 0 Å². The van der Waals surface area contributed by atoms with Gasteiger partial charge in [-0.15, -0.1) is 0 Å². The van der Waals surface area contributed by atoms with E-state index in [0.29, 0.717) is 12.8 Å². The Morgan fingerprint density at radius 1 is 1.37 bits per heavy atom. The van der Waals surface area contributed by atoms with Crippen molar-refractivity contribution in [2.24, 2.45) is 0 Å². The maximum Gasteiger partial charge on any atom is 0.258 e. The van der Waals surface area contributed by atoms with Gasteiger partial charge in [-0.05, 0) is 31.4 Å². The highest BCUT2D eigenvalue weighted by atomic mass is 19.1. The summed E-state index contributed by atoms with van der Waals surface area (Å²) in [4.78, 5) is 12.0. The number of carbonyl (C=O) groups is 1. The molecule has 0 aromatic heterocycles. The van der Waals surface area contributed by atoms with Gasteiger partial charge in [-0.1, -0.05) is 19.9 Å². The number of nitrogens with zero attached hydrogens (tertiary/aromatic N) is 1. The van der Waals surface area contributed by atoms with Crippen molar-refractivity contribution >= 4 is 5.91 Å². The molecular formula is C14H16F2N2O. The SMILES string of the molecule is CCC(C#N)(CC)NC(=O)c1c(F)ccc(C)c1F. The summed E-state index contributed by atoms with van der Waals surface area (Å²) in [5.74, 6) is -2.72. The molecule has 19 heavy (non-hydrogen) atoms. The van der Waals surface area contributed by atoms with E-state index in [1.807, 2.05) is 6.07 Å². The van der Waals surface area contributed by atoms with Crippen LogP contribution in [0.4, 0.5) is 8.78 Å². The van der Waals surface area contributed by atoms with Gasteiger partial charge in [-0.3, -0.25) is 4.79 Å². The number of halogens is 2. The number of hydrogen-bond donors (Lipinski definition) is 1. The summed E-state index contributed by atoms with van der Waals surface area (Å²) in [7, 11) is 0. The minimum atomic E-state index is -1.10. The fourth-order valence-electron chi connectivity index (χ4n) is 1.76. The van der Waals surface area contributed by atoms with Gasteiger partial charge in [0.1, 0.15) is 22.7 Å². The van der Waals surface area contributed by atoms with Crippen LogP contribution in [0.2, 0.25) is 0 Å². The molecule has 3 nitrogen and oxygen atoms in total. The van der Waals surface area contributed by atoms with Gasteiger partial charge in [0.25, 0.3) is 5.91 Å². The molecule has 1 aromatic rings. The van der Waals surface area contributed by atoms with E-state index >= 15 is 0 Å². The van der Waals surface area contributed by atoms with Crippen molar-refractivity contribution in [2.45, 2.75) is 39.2 Å². The van der Waals surface area contributed by atoms with Crippen molar-refractivity contribution in [1.82, 2.24) is 5.32 Å². The fraction of sp³-hybridized carbons (Fsp3) is 0.429. The van der Waals surface area contributed by atoms with Gasteiger partial charge in [-0.25, -0.2) is 8.78 Å². The molecule has 0 saturated carbocycles. The maximum absolute atomic E-state index is 13.8. The number of amides is 1. The summed E-state index contributed by atoms with van der Waals surface area (Å²) >= 11 is 0. The minimum Gasteiger partial charge on any atom is -0.334 e. The van der Waals surface area contributed by atoms with E-state index < -0.39 is 28.6 Å². The normalized spacial score (nSPS) is 10.9. The third-order valence-corrected chi connectivity index (χ3v) is 3.29. The zero-order valence-corrected chi connectivity index (χ0v) is 11.2. The van der Waals surface area contributed by atoms with E-state index in [9.17, 15) is 13.6 Å². The molecule has 0 heterocycles. The van der Waals surface area contributed by atoms with E-state index in [1.54, 1.807) is 13.8 Å². The van der Waals surface area contributed by atoms with Crippen molar-refractivity contribution in [1.29, 1.82) is 5.26 Å². The summed E-state index contributed by atoms with van der Waals surface area (Å²) in [5.41, 5.74) is -1.55. The highest BCUT2D eigenvalue weighted by Gasteiger charge is 2.30. The lowest BCUT2D eigenvalue weighted by Gasteiger charge is -2.25. The van der Waals surface area contributed by atoms with Crippen LogP contribution >= 0.6 is 0 Å². The van der Waals surface area contributed by atoms with Crippen molar-refractivity contribution in [3.8, 4) is 6.07 Å². The van der Waals surface area contributed by atoms with Crippen molar-refractivity contribution in [3.63, 3.8) is 0 Å². The third-order valence-electron chi connectivity index (χ3n) is 3.29. The predicted molar refractivity (Wildman–Crippen MR) is 67.5 cm³/mol. The number of hydrogen-bond acceptors (Lipinski definition) is 2. The Labute approximate surface area is 111 Å². The summed E-state index contributed by atoms with van der Waals surface area (Å²) in [6.07, 6.45) is 0.724. The highest BCUT2D eigenvalue weighted by molar-refractivity contribution is 5.95. The van der Waals surface area contributed by atoms with Crippen LogP contribution in [0.5, 0.6) is 0 Å². The number of aryl methyl sites for hydroxylation is 1. The topological polar surface area (TPSA) is 52.9 Å². The Hall–Kier alpha value is -1.96. The van der Waals surface area contributed by atoms with E-state index in [1.165, 1.54) is 13.0 Å². The molecule has 1 rings (SSSR count). The zero-order valence-electron chi connectivity index (χ0n) is 11.2. The predicted octanol–water partition coefficient (Wildman–Crippen LogP) is 3.09. The molecule has 0 saturated heterocycles. The van der Waals surface area contributed by atoms with Gasteiger partial charge in [-0.2, -0.15) is 5.26 Å². The Balaban J connectivity index is 3.16. The van der Waals surface area contributed by atoms with Crippen LogP contribution in [-0.4, -0.2) is 11.4 Å². The summed E-state index contributed by atoms with van der Waals surface area (Å²) < 4.78 is 27.4. The maximum atomic E-state index is 13.8. The van der Waals surface area contributed by atoms with Crippen LogP contribution in [0, 0.1) is 29.9 Å². The molecule has 1 N–H and O–H groups in total. The first-order valence-electron chi connectivity index (χ1n) is 6.09. The molecule has 5 heteroatoms. The lowest BCUT2D eigenvalue weighted by molar-refractivity contribution is 0.0906. The lowest BCUT2D eigenvalue weighted by atomic mass is 9.94. The van der Waals surface area contributed by atoms with Gasteiger partial charge in [0.15, 0.2) is 0 Å². The van der Waals surface area contributed by atoms with Crippen molar-refractivity contribution < 1.29 is 13.6 Å². The molecular weight excluding hydrogens is 250 g/mol. The van der Waals surface area contributed by atoms with E-state index in [0.717, 1.165) is 6.07 Å². The number of nitriles is 1. The third kappa shape index (κ3) is 2.90. The van der Waals surface area contributed by atoms with Crippen LogP contribution in [-0.2, 0) is 0 Å². The molecule has 0 unspecified atom stereocenters. The highest BCUT2D eigenvalue weighted by Crippen LogP contribution is 2.19. The molecule has 1 aromatic carbocycles. The number of benzene rings is 1. The molecule has 102 valence electrons. The van der Waals surface area contributed by atoms with Crippen LogP contribution < -0.4 is 5.32 Å². The van der Waals surface area contributed by atoms with E-state index in [4.69, 9.17) is 5.26 Å². The number of carbonyl (C=O) groups excluding carboxylic acids is 1. The molecule has 0 spiro atoms. The average Bonchev–Trinajstić information content (AvgIpc) is 2.41. The first-order valence-corrected chi connectivity index (χ1v) is 6.09. The van der Waals surface area contributed by atoms with Gasteiger partial charge < -0.3 is 5.32 Å². The summed E-state index contributed by atoms with van der Waals surface area (Å²) in [5, 5.41) is 11.5. The van der Waals surface area contributed by atoms with Crippen LogP contribution in [0.1, 0.15) is 42.6 Å². The molecule has 0 bridgehead atoms. The Morgan fingerprint density at radius 3 is 2.42 bits per heavy atom. The van der Waals surface area contributed by atoms with Gasteiger partial charge in [0, 0.05) is 0 Å². The first kappa shape index (κ1) is 15.1. The Morgan fingerprint density at radius 2 is 1.95 bits per heavy atom. The molecule has 0 fully saturated rings. The smallest absolute Gasteiger partial charge is 0.258 e. The second-order valence-corrected chi connectivity index (χ2v) is 4.41. The second-order valence-electron chi connectivity index (χ2n) is 4.41. The van der Waals surface area contributed by atoms with E-state index in [-0.39, 0.29) is 5.56 Å². The van der Waals surface area contributed by atoms with Crippen molar-refractivity contribution in [2.75, 3.05) is 0 Å². The van der Waals surface area contributed by atoms with Gasteiger partial charge in [0.05, 0.1) is 6.07 Å². The quantitative estimate of drug-likeness (QED) is 0.910.